The van der Waals surface area contributed by atoms with Gasteiger partial charge in [-0.2, -0.15) is 0 Å². The van der Waals surface area contributed by atoms with Gasteiger partial charge >= 0.3 is 0 Å². The van der Waals surface area contributed by atoms with Crippen LogP contribution in [0.4, 0.5) is 0 Å². The van der Waals surface area contributed by atoms with Crippen molar-refractivity contribution in [3.8, 4) is 0 Å². The summed E-state index contributed by atoms with van der Waals surface area (Å²) in [4.78, 5) is 27.4. The van der Waals surface area contributed by atoms with E-state index < -0.39 is 0 Å². The highest BCUT2D eigenvalue weighted by Crippen LogP contribution is 2.15. The number of carbonyl (C=O) groups is 2. The van der Waals surface area contributed by atoms with Crippen LogP contribution < -0.4 is 5.32 Å². The highest BCUT2D eigenvalue weighted by Gasteiger charge is 2.30. The SMILES string of the molecule is CNCC(=O)N1CCN(C(=O)C2CCCO2)CC1. The monoisotopic (exact) mass is 255 g/mol. The molecule has 2 heterocycles. The van der Waals surface area contributed by atoms with Crippen LogP contribution >= 0.6 is 0 Å². The molecule has 0 aromatic rings. The second kappa shape index (κ2) is 6.15. The Hall–Kier alpha value is -1.14. The fourth-order valence-corrected chi connectivity index (χ4v) is 2.42. The lowest BCUT2D eigenvalue weighted by Gasteiger charge is -2.35. The molecule has 1 atom stereocenters. The van der Waals surface area contributed by atoms with Crippen LogP contribution in [0.2, 0.25) is 0 Å². The van der Waals surface area contributed by atoms with Crippen molar-refractivity contribution in [2.75, 3.05) is 46.4 Å². The van der Waals surface area contributed by atoms with Crippen molar-refractivity contribution in [3.05, 3.63) is 0 Å². The third kappa shape index (κ3) is 3.00. The van der Waals surface area contributed by atoms with E-state index in [1.165, 1.54) is 0 Å². The zero-order valence-electron chi connectivity index (χ0n) is 10.9. The number of hydrogen-bond acceptors (Lipinski definition) is 4. The average Bonchev–Trinajstić information content (AvgIpc) is 2.92. The Kier molecular flexibility index (Phi) is 4.54. The molecule has 6 nitrogen and oxygen atoms in total. The minimum absolute atomic E-state index is 0.0909. The summed E-state index contributed by atoms with van der Waals surface area (Å²) in [6, 6.07) is 0. The lowest BCUT2D eigenvalue weighted by Crippen LogP contribution is -2.54. The van der Waals surface area contributed by atoms with Gasteiger partial charge in [-0.3, -0.25) is 9.59 Å². The van der Waals surface area contributed by atoms with Crippen molar-refractivity contribution >= 4 is 11.8 Å². The number of likely N-dealkylation sites (N-methyl/N-ethyl adjacent to an activating group) is 1. The molecule has 102 valence electrons. The number of piperazine rings is 1. The van der Waals surface area contributed by atoms with Crippen molar-refractivity contribution in [1.82, 2.24) is 15.1 Å². The average molecular weight is 255 g/mol. The van der Waals surface area contributed by atoms with Gasteiger partial charge in [0.15, 0.2) is 0 Å². The molecule has 0 saturated carbocycles. The number of carbonyl (C=O) groups excluding carboxylic acids is 2. The second-order valence-corrected chi connectivity index (χ2v) is 4.74. The van der Waals surface area contributed by atoms with Crippen LogP contribution in [-0.4, -0.2) is 74.1 Å². The molecular weight excluding hydrogens is 234 g/mol. The summed E-state index contributed by atoms with van der Waals surface area (Å²) < 4.78 is 5.40. The van der Waals surface area contributed by atoms with Gasteiger partial charge < -0.3 is 19.9 Å². The van der Waals surface area contributed by atoms with E-state index in [-0.39, 0.29) is 17.9 Å². The molecule has 0 spiro atoms. The van der Waals surface area contributed by atoms with E-state index >= 15 is 0 Å². The van der Waals surface area contributed by atoms with Crippen molar-refractivity contribution in [1.29, 1.82) is 0 Å². The van der Waals surface area contributed by atoms with Crippen LogP contribution in [0.3, 0.4) is 0 Å². The first-order valence-electron chi connectivity index (χ1n) is 6.55. The van der Waals surface area contributed by atoms with E-state index in [9.17, 15) is 9.59 Å². The van der Waals surface area contributed by atoms with Gasteiger partial charge in [-0.25, -0.2) is 0 Å². The van der Waals surface area contributed by atoms with Crippen molar-refractivity contribution in [2.24, 2.45) is 0 Å². The number of hydrogen-bond donors (Lipinski definition) is 1. The predicted octanol–water partition coefficient (Wildman–Crippen LogP) is -0.944. The zero-order valence-corrected chi connectivity index (χ0v) is 10.9. The lowest BCUT2D eigenvalue weighted by molar-refractivity contribution is -0.145. The zero-order chi connectivity index (χ0) is 13.0. The molecule has 1 N–H and O–H groups in total. The minimum atomic E-state index is -0.246. The van der Waals surface area contributed by atoms with Gasteiger partial charge in [-0.1, -0.05) is 0 Å². The Labute approximate surface area is 107 Å². The number of nitrogens with zero attached hydrogens (tertiary/aromatic N) is 2. The van der Waals surface area contributed by atoms with Gasteiger partial charge in [0.2, 0.25) is 5.91 Å². The maximum Gasteiger partial charge on any atom is 0.251 e. The van der Waals surface area contributed by atoms with Gasteiger partial charge in [0, 0.05) is 32.8 Å². The molecule has 2 amide bonds. The van der Waals surface area contributed by atoms with Crippen LogP contribution in [0, 0.1) is 0 Å². The minimum Gasteiger partial charge on any atom is -0.368 e. The fraction of sp³-hybridized carbons (Fsp3) is 0.833. The molecule has 2 rings (SSSR count). The molecule has 2 saturated heterocycles. The number of ether oxygens (including phenoxy) is 1. The molecule has 2 fully saturated rings. The first-order valence-corrected chi connectivity index (χ1v) is 6.55. The van der Waals surface area contributed by atoms with Crippen LogP contribution in [0.1, 0.15) is 12.8 Å². The van der Waals surface area contributed by atoms with E-state index in [1.54, 1.807) is 11.9 Å². The third-order valence-corrected chi connectivity index (χ3v) is 3.48. The smallest absolute Gasteiger partial charge is 0.251 e. The molecular formula is C12H21N3O3. The topological polar surface area (TPSA) is 61.9 Å². The Morgan fingerprint density at radius 1 is 1.22 bits per heavy atom. The Morgan fingerprint density at radius 3 is 2.44 bits per heavy atom. The van der Waals surface area contributed by atoms with Crippen LogP contribution in [-0.2, 0) is 14.3 Å². The summed E-state index contributed by atoms with van der Waals surface area (Å²) in [7, 11) is 1.76. The highest BCUT2D eigenvalue weighted by molar-refractivity contribution is 5.82. The summed E-state index contributed by atoms with van der Waals surface area (Å²) in [5.74, 6) is 0.190. The largest absolute Gasteiger partial charge is 0.368 e. The summed E-state index contributed by atoms with van der Waals surface area (Å²) >= 11 is 0. The van der Waals surface area contributed by atoms with E-state index in [1.807, 2.05) is 4.90 Å². The summed E-state index contributed by atoms with van der Waals surface area (Å²) in [5.41, 5.74) is 0. The normalized spacial score (nSPS) is 24.4. The predicted molar refractivity (Wildman–Crippen MR) is 66.1 cm³/mol. The number of rotatable bonds is 3. The van der Waals surface area contributed by atoms with Gasteiger partial charge in [0.05, 0.1) is 6.54 Å². The number of amides is 2. The molecule has 6 heteroatoms. The van der Waals surface area contributed by atoms with Gasteiger partial charge in [0.1, 0.15) is 6.10 Å². The molecule has 2 aliphatic rings. The van der Waals surface area contributed by atoms with Gasteiger partial charge in [0.25, 0.3) is 5.91 Å². The van der Waals surface area contributed by atoms with Gasteiger partial charge in [-0.15, -0.1) is 0 Å². The van der Waals surface area contributed by atoms with E-state index in [0.29, 0.717) is 39.3 Å². The highest BCUT2D eigenvalue weighted by atomic mass is 16.5. The summed E-state index contributed by atoms with van der Waals surface area (Å²) in [5, 5.41) is 2.85. The number of nitrogens with one attached hydrogen (secondary N) is 1. The standard InChI is InChI=1S/C12H21N3O3/c1-13-9-11(16)14-4-6-15(7-5-14)12(17)10-3-2-8-18-10/h10,13H,2-9H2,1H3. The van der Waals surface area contributed by atoms with Crippen molar-refractivity contribution in [3.63, 3.8) is 0 Å². The Balaban J connectivity index is 1.79. The molecule has 18 heavy (non-hydrogen) atoms. The quantitative estimate of drug-likeness (QED) is 0.707. The van der Waals surface area contributed by atoms with Crippen molar-refractivity contribution < 1.29 is 14.3 Å². The third-order valence-electron chi connectivity index (χ3n) is 3.48. The summed E-state index contributed by atoms with van der Waals surface area (Å²) in [6.45, 7) is 3.54. The second-order valence-electron chi connectivity index (χ2n) is 4.74. The molecule has 0 aromatic carbocycles. The Morgan fingerprint density at radius 2 is 1.89 bits per heavy atom. The molecule has 0 aromatic heterocycles. The van der Waals surface area contributed by atoms with E-state index in [4.69, 9.17) is 4.74 Å². The summed E-state index contributed by atoms with van der Waals surface area (Å²) in [6.07, 6.45) is 1.55. The molecule has 0 radical (unpaired) electrons. The first kappa shape index (κ1) is 13.3. The van der Waals surface area contributed by atoms with E-state index in [2.05, 4.69) is 5.32 Å². The molecule has 0 bridgehead atoms. The lowest BCUT2D eigenvalue weighted by atomic mass is 10.2. The van der Waals surface area contributed by atoms with Crippen LogP contribution in [0.15, 0.2) is 0 Å². The van der Waals surface area contributed by atoms with E-state index in [0.717, 1.165) is 12.8 Å². The molecule has 0 aliphatic carbocycles. The maximum absolute atomic E-state index is 12.1. The molecule has 2 aliphatic heterocycles. The maximum atomic E-state index is 12.1. The molecule has 1 unspecified atom stereocenters. The van der Waals surface area contributed by atoms with Gasteiger partial charge in [-0.05, 0) is 19.9 Å². The van der Waals surface area contributed by atoms with Crippen LogP contribution in [0.5, 0.6) is 0 Å². The fourth-order valence-electron chi connectivity index (χ4n) is 2.42. The Bertz CT molecular complexity index is 308. The van der Waals surface area contributed by atoms with Crippen LogP contribution in [0.25, 0.3) is 0 Å². The van der Waals surface area contributed by atoms with Crippen molar-refractivity contribution in [2.45, 2.75) is 18.9 Å². The first-order chi connectivity index (χ1) is 8.72.